The molecule has 3 rings (SSSR count). The van der Waals surface area contributed by atoms with E-state index >= 15 is 0 Å². The molecule has 0 aliphatic carbocycles. The highest BCUT2D eigenvalue weighted by molar-refractivity contribution is 5.86. The van der Waals surface area contributed by atoms with Crippen LogP contribution in [0.4, 0.5) is 4.39 Å². The first-order valence-corrected chi connectivity index (χ1v) is 8.48. The first-order valence-electron chi connectivity index (χ1n) is 8.48. The number of hydrogen-bond acceptors (Lipinski definition) is 2. The van der Waals surface area contributed by atoms with Crippen LogP contribution in [-0.2, 0) is 9.59 Å². The molecule has 23 heavy (non-hydrogen) atoms. The topological polar surface area (TPSA) is 40.6 Å². The lowest BCUT2D eigenvalue weighted by molar-refractivity contribution is -0.140. The summed E-state index contributed by atoms with van der Waals surface area (Å²) in [5.41, 5.74) is 0.855. The van der Waals surface area contributed by atoms with Gasteiger partial charge in [-0.15, -0.1) is 0 Å². The Kier molecular flexibility index (Phi) is 4.94. The van der Waals surface area contributed by atoms with Gasteiger partial charge in [0.25, 0.3) is 0 Å². The molecule has 0 spiro atoms. The van der Waals surface area contributed by atoms with Crippen LogP contribution in [0.1, 0.15) is 50.1 Å². The third-order valence-electron chi connectivity index (χ3n) is 4.80. The first kappa shape index (κ1) is 16.0. The molecule has 1 aromatic rings. The van der Waals surface area contributed by atoms with Crippen LogP contribution < -0.4 is 0 Å². The van der Waals surface area contributed by atoms with Crippen LogP contribution in [0.3, 0.4) is 0 Å². The summed E-state index contributed by atoms with van der Waals surface area (Å²) in [6, 6.07) is 6.45. The minimum Gasteiger partial charge on any atom is -0.334 e. The van der Waals surface area contributed by atoms with Crippen LogP contribution in [0, 0.1) is 5.82 Å². The molecule has 4 nitrogen and oxygen atoms in total. The minimum atomic E-state index is -0.270. The summed E-state index contributed by atoms with van der Waals surface area (Å²) < 4.78 is 13.6. The van der Waals surface area contributed by atoms with Gasteiger partial charge in [0.1, 0.15) is 5.82 Å². The number of amides is 2. The largest absolute Gasteiger partial charge is 0.334 e. The van der Waals surface area contributed by atoms with E-state index in [0.717, 1.165) is 37.7 Å². The van der Waals surface area contributed by atoms with Gasteiger partial charge in [-0.05, 0) is 37.0 Å². The van der Waals surface area contributed by atoms with Crippen LogP contribution >= 0.6 is 0 Å². The second-order valence-electron chi connectivity index (χ2n) is 6.43. The average Bonchev–Trinajstić information content (AvgIpc) is 2.80. The highest BCUT2D eigenvalue weighted by Crippen LogP contribution is 2.30. The molecule has 0 N–H and O–H groups in total. The number of carbonyl (C=O) groups excluding carboxylic acids is 2. The van der Waals surface area contributed by atoms with E-state index in [2.05, 4.69) is 0 Å². The Morgan fingerprint density at radius 2 is 2.04 bits per heavy atom. The van der Waals surface area contributed by atoms with Crippen molar-refractivity contribution in [1.82, 2.24) is 9.80 Å². The van der Waals surface area contributed by atoms with Gasteiger partial charge in [-0.2, -0.15) is 0 Å². The zero-order chi connectivity index (χ0) is 16.2. The fourth-order valence-corrected chi connectivity index (χ4v) is 3.59. The maximum Gasteiger partial charge on any atom is 0.242 e. The smallest absolute Gasteiger partial charge is 0.242 e. The SMILES string of the molecule is O=C1CCCN1CC(=O)N1CCCCC[C@@H]1c1cccc(F)c1. The van der Waals surface area contributed by atoms with E-state index in [4.69, 9.17) is 0 Å². The Bertz CT molecular complexity index is 590. The molecule has 0 aromatic heterocycles. The van der Waals surface area contributed by atoms with Crippen molar-refractivity contribution in [2.75, 3.05) is 19.6 Å². The average molecular weight is 318 g/mol. The predicted molar refractivity (Wildman–Crippen MR) is 85.1 cm³/mol. The van der Waals surface area contributed by atoms with E-state index in [1.54, 1.807) is 11.0 Å². The number of benzene rings is 1. The van der Waals surface area contributed by atoms with E-state index in [0.29, 0.717) is 19.5 Å². The van der Waals surface area contributed by atoms with Gasteiger partial charge in [-0.25, -0.2) is 4.39 Å². The number of likely N-dealkylation sites (tertiary alicyclic amines) is 2. The minimum absolute atomic E-state index is 0.0172. The van der Waals surface area contributed by atoms with E-state index in [1.807, 2.05) is 11.0 Å². The van der Waals surface area contributed by atoms with Crippen LogP contribution in [0.25, 0.3) is 0 Å². The van der Waals surface area contributed by atoms with Crippen LogP contribution in [0.2, 0.25) is 0 Å². The maximum absolute atomic E-state index is 13.6. The summed E-state index contributed by atoms with van der Waals surface area (Å²) in [6.07, 6.45) is 5.31. The van der Waals surface area contributed by atoms with Gasteiger partial charge >= 0.3 is 0 Å². The van der Waals surface area contributed by atoms with Gasteiger partial charge in [0.05, 0.1) is 12.6 Å². The molecule has 2 fully saturated rings. The zero-order valence-electron chi connectivity index (χ0n) is 13.3. The van der Waals surface area contributed by atoms with Crippen LogP contribution in [0.5, 0.6) is 0 Å². The Morgan fingerprint density at radius 1 is 1.17 bits per heavy atom. The molecule has 2 aliphatic heterocycles. The molecule has 2 saturated heterocycles. The van der Waals surface area contributed by atoms with Crippen molar-refractivity contribution in [3.05, 3.63) is 35.6 Å². The number of hydrogen-bond donors (Lipinski definition) is 0. The van der Waals surface area contributed by atoms with Crippen molar-refractivity contribution in [3.8, 4) is 0 Å². The first-order chi connectivity index (χ1) is 11.1. The lowest BCUT2D eigenvalue weighted by atomic mass is 10.0. The Balaban J connectivity index is 1.78. The molecule has 2 amide bonds. The van der Waals surface area contributed by atoms with Gasteiger partial charge in [0.2, 0.25) is 11.8 Å². The van der Waals surface area contributed by atoms with Crippen molar-refractivity contribution in [1.29, 1.82) is 0 Å². The number of halogens is 1. The molecule has 2 aliphatic rings. The molecule has 2 heterocycles. The lowest BCUT2D eigenvalue weighted by Gasteiger charge is -2.32. The maximum atomic E-state index is 13.6. The van der Waals surface area contributed by atoms with Gasteiger partial charge in [0.15, 0.2) is 0 Å². The molecule has 0 radical (unpaired) electrons. The van der Waals surface area contributed by atoms with E-state index in [1.165, 1.54) is 12.1 Å². The number of nitrogens with zero attached hydrogens (tertiary/aromatic N) is 2. The third kappa shape index (κ3) is 3.71. The van der Waals surface area contributed by atoms with Crippen molar-refractivity contribution < 1.29 is 14.0 Å². The molecule has 1 aromatic carbocycles. The lowest BCUT2D eigenvalue weighted by Crippen LogP contribution is -2.42. The summed E-state index contributed by atoms with van der Waals surface area (Å²) in [7, 11) is 0. The van der Waals surface area contributed by atoms with E-state index in [9.17, 15) is 14.0 Å². The van der Waals surface area contributed by atoms with E-state index < -0.39 is 0 Å². The van der Waals surface area contributed by atoms with Gasteiger partial charge < -0.3 is 9.80 Å². The van der Waals surface area contributed by atoms with Gasteiger partial charge in [-0.1, -0.05) is 25.0 Å². The van der Waals surface area contributed by atoms with Crippen LogP contribution in [-0.4, -0.2) is 41.2 Å². The van der Waals surface area contributed by atoms with Gasteiger partial charge in [0, 0.05) is 19.5 Å². The standard InChI is InChI=1S/C18H23FN2O2/c19-15-7-4-6-14(12-15)16-8-2-1-3-11-21(16)18(23)13-20-10-5-9-17(20)22/h4,6-7,12,16H,1-3,5,8-11,13H2/t16-/m1/s1. The normalized spacial score (nSPS) is 22.3. The molecule has 0 unspecified atom stereocenters. The van der Waals surface area contributed by atoms with E-state index in [-0.39, 0.29) is 30.2 Å². The zero-order valence-corrected chi connectivity index (χ0v) is 13.3. The summed E-state index contributed by atoms with van der Waals surface area (Å²) in [4.78, 5) is 28.0. The van der Waals surface area contributed by atoms with Crippen LogP contribution in [0.15, 0.2) is 24.3 Å². The van der Waals surface area contributed by atoms with Crippen molar-refractivity contribution >= 4 is 11.8 Å². The molecular formula is C18H23FN2O2. The molecule has 5 heteroatoms. The summed E-state index contributed by atoms with van der Waals surface area (Å²) in [6.45, 7) is 1.51. The quantitative estimate of drug-likeness (QED) is 0.860. The van der Waals surface area contributed by atoms with Crippen molar-refractivity contribution in [3.63, 3.8) is 0 Å². The molecule has 0 saturated carbocycles. The summed E-state index contributed by atoms with van der Waals surface area (Å²) in [5, 5.41) is 0. The Hall–Kier alpha value is -1.91. The fourth-order valence-electron chi connectivity index (χ4n) is 3.59. The second-order valence-corrected chi connectivity index (χ2v) is 6.43. The monoisotopic (exact) mass is 318 g/mol. The van der Waals surface area contributed by atoms with Crippen molar-refractivity contribution in [2.45, 2.75) is 44.6 Å². The second kappa shape index (κ2) is 7.11. The number of carbonyl (C=O) groups is 2. The highest BCUT2D eigenvalue weighted by Gasteiger charge is 2.30. The molecule has 1 atom stereocenters. The fraction of sp³-hybridized carbons (Fsp3) is 0.556. The highest BCUT2D eigenvalue weighted by atomic mass is 19.1. The Labute approximate surface area is 136 Å². The predicted octanol–water partition coefficient (Wildman–Crippen LogP) is 2.89. The molecule has 124 valence electrons. The molecular weight excluding hydrogens is 295 g/mol. The molecule has 0 bridgehead atoms. The third-order valence-corrected chi connectivity index (χ3v) is 4.80. The summed E-state index contributed by atoms with van der Waals surface area (Å²) >= 11 is 0. The summed E-state index contributed by atoms with van der Waals surface area (Å²) in [5.74, 6) is -0.222. The number of rotatable bonds is 3. The van der Waals surface area contributed by atoms with Gasteiger partial charge in [-0.3, -0.25) is 9.59 Å². The Morgan fingerprint density at radius 3 is 2.78 bits per heavy atom. The van der Waals surface area contributed by atoms with Crippen molar-refractivity contribution in [2.24, 2.45) is 0 Å².